The van der Waals surface area contributed by atoms with Crippen molar-refractivity contribution in [1.29, 1.82) is 0 Å². The van der Waals surface area contributed by atoms with Crippen LogP contribution in [0.2, 0.25) is 0 Å². The van der Waals surface area contributed by atoms with E-state index in [1.165, 1.54) is 18.6 Å². The van der Waals surface area contributed by atoms with Crippen LogP contribution in [-0.2, 0) is 4.74 Å². The van der Waals surface area contributed by atoms with E-state index in [9.17, 15) is 0 Å². The van der Waals surface area contributed by atoms with E-state index in [1.54, 1.807) is 0 Å². The highest BCUT2D eigenvalue weighted by atomic mass is 32.2. The van der Waals surface area contributed by atoms with Crippen LogP contribution < -0.4 is 5.73 Å². The third-order valence-electron chi connectivity index (χ3n) is 3.83. The fraction of sp³-hybridized carbons (Fsp3) is 1.00. The molecule has 0 aliphatic carbocycles. The van der Waals surface area contributed by atoms with Crippen molar-refractivity contribution in [2.24, 2.45) is 5.73 Å². The summed E-state index contributed by atoms with van der Waals surface area (Å²) in [6, 6.07) is 0.581. The standard InChI is InChI=1S/C12H26N2OS/c1-11(5-8-16-3)14(2)12(9-13)6-4-7-15-10-12/h11H,4-10,13H2,1-3H3. The molecule has 0 aromatic carbocycles. The fourth-order valence-electron chi connectivity index (χ4n) is 2.37. The normalized spacial score (nSPS) is 28.3. The van der Waals surface area contributed by atoms with E-state index in [2.05, 4.69) is 25.1 Å². The molecule has 0 bridgehead atoms. The minimum Gasteiger partial charge on any atom is -0.379 e. The van der Waals surface area contributed by atoms with Crippen LogP contribution in [0.1, 0.15) is 26.2 Å². The maximum Gasteiger partial charge on any atom is 0.0662 e. The molecule has 1 saturated heterocycles. The molecular weight excluding hydrogens is 220 g/mol. The van der Waals surface area contributed by atoms with Crippen LogP contribution in [0.3, 0.4) is 0 Å². The number of hydrogen-bond acceptors (Lipinski definition) is 4. The van der Waals surface area contributed by atoms with E-state index in [-0.39, 0.29) is 5.54 Å². The molecule has 2 N–H and O–H groups in total. The number of thioether (sulfide) groups is 1. The van der Waals surface area contributed by atoms with Crippen molar-refractivity contribution < 1.29 is 4.74 Å². The van der Waals surface area contributed by atoms with Gasteiger partial charge in [-0.15, -0.1) is 0 Å². The maximum absolute atomic E-state index is 5.98. The number of hydrogen-bond donors (Lipinski definition) is 1. The van der Waals surface area contributed by atoms with Gasteiger partial charge in [-0.3, -0.25) is 4.90 Å². The zero-order chi connectivity index (χ0) is 12.0. The molecule has 1 aliphatic heterocycles. The van der Waals surface area contributed by atoms with Crippen LogP contribution in [0.25, 0.3) is 0 Å². The summed E-state index contributed by atoms with van der Waals surface area (Å²) < 4.78 is 5.63. The summed E-state index contributed by atoms with van der Waals surface area (Å²) in [5.74, 6) is 1.22. The van der Waals surface area contributed by atoms with Gasteiger partial charge < -0.3 is 10.5 Å². The van der Waals surface area contributed by atoms with Crippen LogP contribution >= 0.6 is 11.8 Å². The minimum atomic E-state index is 0.0794. The van der Waals surface area contributed by atoms with Crippen LogP contribution in [-0.4, -0.2) is 55.3 Å². The summed E-state index contributed by atoms with van der Waals surface area (Å²) in [7, 11) is 2.20. The highest BCUT2D eigenvalue weighted by Gasteiger charge is 2.37. The molecule has 96 valence electrons. The summed E-state index contributed by atoms with van der Waals surface area (Å²) in [6.45, 7) is 4.69. The van der Waals surface area contributed by atoms with Gasteiger partial charge in [-0.2, -0.15) is 11.8 Å². The number of nitrogens with two attached hydrogens (primary N) is 1. The second kappa shape index (κ2) is 6.84. The van der Waals surface area contributed by atoms with Gasteiger partial charge in [-0.25, -0.2) is 0 Å². The Bertz CT molecular complexity index is 195. The molecule has 3 nitrogen and oxygen atoms in total. The lowest BCUT2D eigenvalue weighted by Gasteiger charge is -2.46. The lowest BCUT2D eigenvalue weighted by atomic mass is 9.89. The summed E-state index contributed by atoms with van der Waals surface area (Å²) >= 11 is 1.91. The summed E-state index contributed by atoms with van der Waals surface area (Å²) in [5.41, 5.74) is 6.06. The quantitative estimate of drug-likeness (QED) is 0.772. The van der Waals surface area contributed by atoms with Crippen molar-refractivity contribution in [3.8, 4) is 0 Å². The lowest BCUT2D eigenvalue weighted by molar-refractivity contribution is -0.0484. The average Bonchev–Trinajstić information content (AvgIpc) is 2.35. The Morgan fingerprint density at radius 1 is 1.56 bits per heavy atom. The first-order valence-corrected chi connectivity index (χ1v) is 7.55. The molecule has 1 aliphatic rings. The van der Waals surface area contributed by atoms with Crippen molar-refractivity contribution in [3.63, 3.8) is 0 Å². The zero-order valence-corrected chi connectivity index (χ0v) is 11.7. The van der Waals surface area contributed by atoms with Gasteiger partial charge in [-0.05, 0) is 45.2 Å². The summed E-state index contributed by atoms with van der Waals surface area (Å²) in [4.78, 5) is 2.45. The molecule has 1 heterocycles. The zero-order valence-electron chi connectivity index (χ0n) is 10.9. The van der Waals surface area contributed by atoms with Gasteiger partial charge in [0.25, 0.3) is 0 Å². The first kappa shape index (κ1) is 14.3. The molecule has 0 saturated carbocycles. The van der Waals surface area contributed by atoms with E-state index in [4.69, 9.17) is 10.5 Å². The second-order valence-electron chi connectivity index (χ2n) is 4.83. The van der Waals surface area contributed by atoms with Crippen LogP contribution in [0.5, 0.6) is 0 Å². The van der Waals surface area contributed by atoms with Gasteiger partial charge in [0.05, 0.1) is 12.1 Å². The van der Waals surface area contributed by atoms with Crippen molar-refractivity contribution >= 4 is 11.8 Å². The molecule has 1 rings (SSSR count). The molecule has 16 heavy (non-hydrogen) atoms. The Hall–Kier alpha value is 0.230. The van der Waals surface area contributed by atoms with Crippen molar-refractivity contribution in [1.82, 2.24) is 4.90 Å². The molecule has 2 atom stereocenters. The van der Waals surface area contributed by atoms with Crippen LogP contribution in [0, 0.1) is 0 Å². The molecule has 0 radical (unpaired) electrons. The van der Waals surface area contributed by atoms with Crippen molar-refractivity contribution in [3.05, 3.63) is 0 Å². The molecule has 1 fully saturated rings. The number of ether oxygens (including phenoxy) is 1. The number of nitrogens with zero attached hydrogens (tertiary/aromatic N) is 1. The van der Waals surface area contributed by atoms with Gasteiger partial charge >= 0.3 is 0 Å². The monoisotopic (exact) mass is 246 g/mol. The highest BCUT2D eigenvalue weighted by molar-refractivity contribution is 7.98. The maximum atomic E-state index is 5.98. The average molecular weight is 246 g/mol. The van der Waals surface area contributed by atoms with E-state index < -0.39 is 0 Å². The third kappa shape index (κ3) is 3.36. The molecule has 0 aromatic heterocycles. The summed E-state index contributed by atoms with van der Waals surface area (Å²) in [6.07, 6.45) is 5.69. The van der Waals surface area contributed by atoms with E-state index in [0.29, 0.717) is 12.6 Å². The van der Waals surface area contributed by atoms with Gasteiger partial charge in [0.15, 0.2) is 0 Å². The fourth-order valence-corrected chi connectivity index (χ4v) is 2.95. The largest absolute Gasteiger partial charge is 0.379 e. The minimum absolute atomic E-state index is 0.0794. The molecule has 0 amide bonds. The van der Waals surface area contributed by atoms with E-state index >= 15 is 0 Å². The smallest absolute Gasteiger partial charge is 0.0662 e. The second-order valence-corrected chi connectivity index (χ2v) is 5.81. The van der Waals surface area contributed by atoms with Crippen LogP contribution in [0.15, 0.2) is 0 Å². The first-order valence-electron chi connectivity index (χ1n) is 6.16. The summed E-state index contributed by atoms with van der Waals surface area (Å²) in [5, 5.41) is 0. The Labute approximate surface area is 104 Å². The van der Waals surface area contributed by atoms with E-state index in [1.807, 2.05) is 11.8 Å². The number of likely N-dealkylation sites (N-methyl/N-ethyl adjacent to an activating group) is 1. The van der Waals surface area contributed by atoms with Gasteiger partial charge in [0, 0.05) is 19.2 Å². The Kier molecular flexibility index (Phi) is 6.11. The van der Waals surface area contributed by atoms with Gasteiger partial charge in [0.1, 0.15) is 0 Å². The molecule has 4 heteroatoms. The first-order chi connectivity index (χ1) is 7.66. The number of rotatable bonds is 6. The SMILES string of the molecule is CSCCC(C)N(C)C1(CN)CCCOC1. The molecule has 2 unspecified atom stereocenters. The molecule has 0 aromatic rings. The molecular formula is C12H26N2OS. The lowest BCUT2D eigenvalue weighted by Crippen LogP contribution is -2.59. The predicted octanol–water partition coefficient (Wildman–Crippen LogP) is 1.57. The Morgan fingerprint density at radius 2 is 2.31 bits per heavy atom. The van der Waals surface area contributed by atoms with Gasteiger partial charge in [-0.1, -0.05) is 0 Å². The third-order valence-corrected chi connectivity index (χ3v) is 4.47. The topological polar surface area (TPSA) is 38.5 Å². The van der Waals surface area contributed by atoms with Crippen molar-refractivity contribution in [2.45, 2.75) is 37.8 Å². The van der Waals surface area contributed by atoms with Crippen molar-refractivity contribution in [2.75, 3.05) is 38.8 Å². The Balaban J connectivity index is 2.56. The van der Waals surface area contributed by atoms with Crippen LogP contribution in [0.4, 0.5) is 0 Å². The molecule has 0 spiro atoms. The van der Waals surface area contributed by atoms with E-state index in [0.717, 1.165) is 19.6 Å². The van der Waals surface area contributed by atoms with Gasteiger partial charge in [0.2, 0.25) is 0 Å². The Morgan fingerprint density at radius 3 is 2.81 bits per heavy atom. The predicted molar refractivity (Wildman–Crippen MR) is 72.1 cm³/mol. The highest BCUT2D eigenvalue weighted by Crippen LogP contribution is 2.27.